The fourth-order valence-electron chi connectivity index (χ4n) is 3.03. The van der Waals surface area contributed by atoms with E-state index in [1.54, 1.807) is 6.20 Å². The van der Waals surface area contributed by atoms with Gasteiger partial charge in [-0.1, -0.05) is 20.3 Å². The van der Waals surface area contributed by atoms with Gasteiger partial charge in [-0.25, -0.2) is 18.4 Å². The normalized spacial score (nSPS) is 22.0. The van der Waals surface area contributed by atoms with Crippen molar-refractivity contribution in [3.05, 3.63) is 24.2 Å². The van der Waals surface area contributed by atoms with Crippen LogP contribution in [0.25, 0.3) is 11.2 Å². The summed E-state index contributed by atoms with van der Waals surface area (Å²) in [6, 6.07) is 3.79. The maximum Gasteiger partial charge on any atom is 0.160 e. The summed E-state index contributed by atoms with van der Waals surface area (Å²) in [6.45, 7) is 4.63. The van der Waals surface area contributed by atoms with Crippen LogP contribution in [0.15, 0.2) is 18.3 Å². The lowest BCUT2D eigenvalue weighted by Crippen LogP contribution is -2.32. The summed E-state index contributed by atoms with van der Waals surface area (Å²) in [6.07, 6.45) is 4.26. The van der Waals surface area contributed by atoms with Crippen molar-refractivity contribution >= 4 is 21.0 Å². The molecular formula is C15H21N3O2S. The first-order valence-electron chi connectivity index (χ1n) is 7.52. The largest absolute Gasteiger partial charge is 0.311 e. The minimum Gasteiger partial charge on any atom is -0.311 e. The minimum absolute atomic E-state index is 0.241. The molecule has 5 nitrogen and oxygen atoms in total. The Hall–Kier alpha value is -1.43. The molecule has 1 atom stereocenters. The van der Waals surface area contributed by atoms with Crippen molar-refractivity contribution in [2.75, 3.05) is 5.75 Å². The first-order chi connectivity index (χ1) is 9.99. The number of rotatable bonds is 3. The summed E-state index contributed by atoms with van der Waals surface area (Å²) < 4.78 is 26.5. The van der Waals surface area contributed by atoms with Crippen molar-refractivity contribution in [1.29, 1.82) is 0 Å². The van der Waals surface area contributed by atoms with E-state index < -0.39 is 9.84 Å². The fourth-order valence-corrected chi connectivity index (χ4v) is 4.87. The molecule has 1 saturated heterocycles. The molecule has 6 heteroatoms. The van der Waals surface area contributed by atoms with E-state index in [1.807, 2.05) is 16.7 Å². The lowest BCUT2D eigenvalue weighted by molar-refractivity contribution is 0.501. The first-order valence-corrected chi connectivity index (χ1v) is 9.23. The maximum absolute atomic E-state index is 12.3. The number of hydrogen-bond acceptors (Lipinski definition) is 4. The van der Waals surface area contributed by atoms with Gasteiger partial charge < -0.3 is 4.57 Å². The lowest BCUT2D eigenvalue weighted by Gasteiger charge is -2.24. The van der Waals surface area contributed by atoms with Gasteiger partial charge in [0, 0.05) is 18.7 Å². The van der Waals surface area contributed by atoms with Crippen LogP contribution in [-0.2, 0) is 16.4 Å². The van der Waals surface area contributed by atoms with Crippen molar-refractivity contribution in [3.63, 3.8) is 0 Å². The molecule has 21 heavy (non-hydrogen) atoms. The van der Waals surface area contributed by atoms with E-state index in [2.05, 4.69) is 23.8 Å². The fraction of sp³-hybridized carbons (Fsp3) is 0.600. The summed E-state index contributed by atoms with van der Waals surface area (Å²) in [5.74, 6) is 1.48. The van der Waals surface area contributed by atoms with Gasteiger partial charge in [-0.3, -0.25) is 0 Å². The molecule has 1 aliphatic rings. The number of sulfone groups is 1. The van der Waals surface area contributed by atoms with Gasteiger partial charge in [0.15, 0.2) is 15.5 Å². The Morgan fingerprint density at radius 3 is 2.90 bits per heavy atom. The molecule has 0 amide bonds. The minimum atomic E-state index is -2.99. The molecule has 0 spiro atoms. The molecule has 0 radical (unpaired) electrons. The van der Waals surface area contributed by atoms with Gasteiger partial charge in [0.25, 0.3) is 0 Å². The molecule has 1 unspecified atom stereocenters. The average Bonchev–Trinajstić information content (AvgIpc) is 2.80. The summed E-state index contributed by atoms with van der Waals surface area (Å²) in [7, 11) is -2.99. The van der Waals surface area contributed by atoms with E-state index in [0.717, 1.165) is 36.3 Å². The second-order valence-corrected chi connectivity index (χ2v) is 8.47. The number of pyridine rings is 1. The molecule has 0 N–H and O–H groups in total. The smallest absolute Gasteiger partial charge is 0.160 e. The van der Waals surface area contributed by atoms with E-state index in [0.29, 0.717) is 12.3 Å². The number of fused-ring (bicyclic) bond motifs is 1. The van der Waals surface area contributed by atoms with Crippen LogP contribution in [-0.4, -0.2) is 34.0 Å². The quantitative estimate of drug-likeness (QED) is 0.874. The van der Waals surface area contributed by atoms with E-state index in [4.69, 9.17) is 0 Å². The molecule has 0 saturated carbocycles. The maximum atomic E-state index is 12.3. The number of hydrogen-bond donors (Lipinski definition) is 0. The van der Waals surface area contributed by atoms with Gasteiger partial charge in [0.1, 0.15) is 11.3 Å². The second kappa shape index (κ2) is 5.40. The lowest BCUT2D eigenvalue weighted by atomic mass is 10.1. The summed E-state index contributed by atoms with van der Waals surface area (Å²) in [4.78, 5) is 9.03. The van der Waals surface area contributed by atoms with Crippen LogP contribution in [0.3, 0.4) is 0 Å². The van der Waals surface area contributed by atoms with Crippen molar-refractivity contribution in [1.82, 2.24) is 14.5 Å². The molecule has 0 aliphatic carbocycles. The highest BCUT2D eigenvalue weighted by atomic mass is 32.2. The third-order valence-electron chi connectivity index (χ3n) is 4.15. The van der Waals surface area contributed by atoms with E-state index in [1.165, 1.54) is 0 Å². The standard InChI is InChI=1S/C15H21N3O2S/c1-11(2)14-17-13-7-5-8-16-15(13)18(14)10-12-6-3-4-9-21(12,19)20/h5,7-8,11-12H,3-4,6,9-10H2,1-2H3. The van der Waals surface area contributed by atoms with Gasteiger partial charge >= 0.3 is 0 Å². The van der Waals surface area contributed by atoms with Crippen LogP contribution < -0.4 is 0 Å². The Labute approximate surface area is 125 Å². The third kappa shape index (κ3) is 2.69. The van der Waals surface area contributed by atoms with Gasteiger partial charge in [-0.2, -0.15) is 0 Å². The van der Waals surface area contributed by atoms with Gasteiger partial charge in [0.2, 0.25) is 0 Å². The molecule has 114 valence electrons. The van der Waals surface area contributed by atoms with E-state index in [9.17, 15) is 8.42 Å². The Bertz CT molecular complexity index is 749. The Morgan fingerprint density at radius 2 is 2.19 bits per heavy atom. The van der Waals surface area contributed by atoms with Crippen LogP contribution in [0, 0.1) is 0 Å². The number of imidazole rings is 1. The van der Waals surface area contributed by atoms with Crippen LogP contribution >= 0.6 is 0 Å². The SMILES string of the molecule is CC(C)c1nc2cccnc2n1CC1CCCCS1(=O)=O. The third-order valence-corrected chi connectivity index (χ3v) is 6.41. The Morgan fingerprint density at radius 1 is 1.38 bits per heavy atom. The van der Waals surface area contributed by atoms with Crippen molar-refractivity contribution < 1.29 is 8.42 Å². The van der Waals surface area contributed by atoms with Gasteiger partial charge in [-0.15, -0.1) is 0 Å². The van der Waals surface area contributed by atoms with Gasteiger partial charge in [-0.05, 0) is 25.0 Å². The van der Waals surface area contributed by atoms with Crippen molar-refractivity contribution in [2.24, 2.45) is 0 Å². The second-order valence-electron chi connectivity index (χ2n) is 6.07. The summed E-state index contributed by atoms with van der Waals surface area (Å²) in [5, 5.41) is -0.303. The predicted molar refractivity (Wildman–Crippen MR) is 83.0 cm³/mol. The molecule has 2 aromatic heterocycles. The molecule has 3 rings (SSSR count). The molecule has 0 aromatic carbocycles. The number of nitrogens with zero attached hydrogens (tertiary/aromatic N) is 3. The molecular weight excluding hydrogens is 286 g/mol. The zero-order valence-corrected chi connectivity index (χ0v) is 13.3. The number of aromatic nitrogens is 3. The van der Waals surface area contributed by atoms with Crippen LogP contribution in [0.2, 0.25) is 0 Å². The molecule has 2 aromatic rings. The predicted octanol–water partition coefficient (Wildman–Crippen LogP) is 2.52. The summed E-state index contributed by atoms with van der Waals surface area (Å²) in [5.41, 5.74) is 1.64. The average molecular weight is 307 g/mol. The monoisotopic (exact) mass is 307 g/mol. The van der Waals surface area contributed by atoms with Crippen LogP contribution in [0.5, 0.6) is 0 Å². The topological polar surface area (TPSA) is 64.8 Å². The Balaban J connectivity index is 2.05. The molecule has 3 heterocycles. The molecule has 1 aliphatic heterocycles. The highest BCUT2D eigenvalue weighted by molar-refractivity contribution is 7.92. The van der Waals surface area contributed by atoms with E-state index >= 15 is 0 Å². The van der Waals surface area contributed by atoms with Gasteiger partial charge in [0.05, 0.1) is 11.0 Å². The summed E-state index contributed by atoms with van der Waals surface area (Å²) >= 11 is 0. The van der Waals surface area contributed by atoms with Crippen molar-refractivity contribution in [2.45, 2.75) is 50.8 Å². The van der Waals surface area contributed by atoms with Crippen molar-refractivity contribution in [3.8, 4) is 0 Å². The zero-order valence-electron chi connectivity index (χ0n) is 12.5. The highest BCUT2D eigenvalue weighted by Gasteiger charge is 2.30. The zero-order chi connectivity index (χ0) is 15.0. The Kier molecular flexibility index (Phi) is 3.73. The highest BCUT2D eigenvalue weighted by Crippen LogP contribution is 2.26. The van der Waals surface area contributed by atoms with E-state index in [-0.39, 0.29) is 11.2 Å². The van der Waals surface area contributed by atoms with Crippen LogP contribution in [0.4, 0.5) is 0 Å². The molecule has 1 fully saturated rings. The van der Waals surface area contributed by atoms with Crippen LogP contribution in [0.1, 0.15) is 44.9 Å². The molecule has 0 bridgehead atoms. The first kappa shape index (κ1) is 14.5.